The zero-order valence-electron chi connectivity index (χ0n) is 26.9. The summed E-state index contributed by atoms with van der Waals surface area (Å²) in [5.41, 5.74) is 2.93. The van der Waals surface area contributed by atoms with Gasteiger partial charge < -0.3 is 14.8 Å². The number of methoxy groups -OCH3 is 2. The second-order valence-corrected chi connectivity index (χ2v) is 11.9. The zero-order valence-corrected chi connectivity index (χ0v) is 27.7. The number of thioether (sulfide) groups is 1. The highest BCUT2D eigenvalue weighted by atomic mass is 32.2. The van der Waals surface area contributed by atoms with E-state index in [9.17, 15) is 24.1 Å². The van der Waals surface area contributed by atoms with Crippen LogP contribution in [-0.4, -0.2) is 62.2 Å². The van der Waals surface area contributed by atoms with Gasteiger partial charge in [0.05, 0.1) is 48.8 Å². The molecule has 13 nitrogen and oxygen atoms in total. The number of hydrazone groups is 1. The number of ether oxygens (including phenoxy) is 2. The molecule has 0 radical (unpaired) electrons. The minimum Gasteiger partial charge on any atom is -0.497 e. The van der Waals surface area contributed by atoms with Crippen molar-refractivity contribution in [2.75, 3.05) is 20.0 Å². The van der Waals surface area contributed by atoms with Crippen LogP contribution in [0.3, 0.4) is 0 Å². The predicted molar refractivity (Wildman–Crippen MR) is 183 cm³/mol. The fourth-order valence-electron chi connectivity index (χ4n) is 5.41. The second kappa shape index (κ2) is 15.0. The Hall–Kier alpha value is -6.09. The lowest BCUT2D eigenvalue weighted by Crippen LogP contribution is -2.28. The lowest BCUT2D eigenvalue weighted by atomic mass is 9.98. The molecule has 0 saturated carbocycles. The monoisotopic (exact) mass is 695 g/mol. The molecule has 0 aliphatic carbocycles. The van der Waals surface area contributed by atoms with Crippen molar-refractivity contribution in [2.45, 2.75) is 24.2 Å². The normalized spacial score (nSPS) is 13.9. The number of nitrogens with one attached hydrogen (secondary N) is 1. The molecule has 5 aromatic rings. The van der Waals surface area contributed by atoms with E-state index in [1.165, 1.54) is 48.5 Å². The van der Waals surface area contributed by atoms with Gasteiger partial charge in [0.15, 0.2) is 11.0 Å². The van der Waals surface area contributed by atoms with Gasteiger partial charge in [-0.25, -0.2) is 9.40 Å². The van der Waals surface area contributed by atoms with Gasteiger partial charge in [-0.05, 0) is 71.8 Å². The van der Waals surface area contributed by atoms with Crippen LogP contribution in [0.5, 0.6) is 11.5 Å². The summed E-state index contributed by atoms with van der Waals surface area (Å²) in [7, 11) is 3.05. The zero-order chi connectivity index (χ0) is 35.2. The highest BCUT2D eigenvalue weighted by Crippen LogP contribution is 2.34. The molecule has 1 aliphatic rings. The summed E-state index contributed by atoms with van der Waals surface area (Å²) < 4.78 is 26.0. The summed E-state index contributed by atoms with van der Waals surface area (Å²) >= 11 is 1.09. The van der Waals surface area contributed by atoms with Crippen molar-refractivity contribution in [3.63, 3.8) is 0 Å². The van der Waals surface area contributed by atoms with E-state index < -0.39 is 22.7 Å². The van der Waals surface area contributed by atoms with Crippen LogP contribution < -0.4 is 14.8 Å². The molecule has 0 spiro atoms. The third-order valence-electron chi connectivity index (χ3n) is 7.95. The van der Waals surface area contributed by atoms with Crippen molar-refractivity contribution < 1.29 is 28.4 Å². The number of hydrogen-bond donors (Lipinski definition) is 1. The van der Waals surface area contributed by atoms with Gasteiger partial charge >= 0.3 is 0 Å². The Balaban J connectivity index is 1.26. The average Bonchev–Trinajstić information content (AvgIpc) is 3.78. The molecule has 15 heteroatoms. The Bertz CT molecular complexity index is 2050. The van der Waals surface area contributed by atoms with Crippen LogP contribution >= 0.6 is 11.8 Å². The number of carbonyl (C=O) groups is 2. The molecule has 254 valence electrons. The van der Waals surface area contributed by atoms with E-state index in [-0.39, 0.29) is 23.9 Å². The van der Waals surface area contributed by atoms with Crippen molar-refractivity contribution in [2.24, 2.45) is 5.10 Å². The molecule has 0 bridgehead atoms. The number of hydrogen-bond acceptors (Lipinski definition) is 10. The topological polar surface area (TPSA) is 154 Å². The smallest absolute Gasteiger partial charge is 0.269 e. The van der Waals surface area contributed by atoms with Crippen molar-refractivity contribution in [3.05, 3.63) is 136 Å². The van der Waals surface area contributed by atoms with Crippen molar-refractivity contribution in [3.8, 4) is 17.2 Å². The summed E-state index contributed by atoms with van der Waals surface area (Å²) in [6.07, 6.45) is 0.406. The SMILES string of the molecule is COc1ccc(C2=NN(C(=O)CSc3nnc(CNC(=O)c4ccccc4OC)n3-c3ccc([N+](=O)[O-])cc3)[C@H](c3ccc(F)cc3)C2)cc1. The number of halogens is 1. The summed E-state index contributed by atoms with van der Waals surface area (Å²) in [5.74, 6) is 0.168. The van der Waals surface area contributed by atoms with Gasteiger partial charge in [-0.2, -0.15) is 5.10 Å². The van der Waals surface area contributed by atoms with Gasteiger partial charge in [-0.15, -0.1) is 10.2 Å². The van der Waals surface area contributed by atoms with Crippen LogP contribution in [0.1, 0.15) is 39.8 Å². The lowest BCUT2D eigenvalue weighted by Gasteiger charge is -2.22. The Kier molecular flexibility index (Phi) is 10.1. The van der Waals surface area contributed by atoms with E-state index in [2.05, 4.69) is 15.5 Å². The first-order chi connectivity index (χ1) is 24.2. The number of benzene rings is 4. The number of nitro benzene ring substituents is 1. The van der Waals surface area contributed by atoms with E-state index in [1.807, 2.05) is 24.3 Å². The number of nitrogens with zero attached hydrogens (tertiary/aromatic N) is 6. The number of nitro groups is 1. The number of rotatable bonds is 12. The molecule has 0 fully saturated rings. The third kappa shape index (κ3) is 7.32. The largest absolute Gasteiger partial charge is 0.497 e. The molecular formula is C35H30FN7O6S. The number of aromatic nitrogens is 3. The molecule has 4 aromatic carbocycles. The minimum absolute atomic E-state index is 0.0519. The number of para-hydroxylation sites is 1. The third-order valence-corrected chi connectivity index (χ3v) is 8.86. The molecular weight excluding hydrogens is 665 g/mol. The molecule has 2 amide bonds. The van der Waals surface area contributed by atoms with E-state index >= 15 is 0 Å². The van der Waals surface area contributed by atoms with Gasteiger partial charge in [-0.1, -0.05) is 36.0 Å². The van der Waals surface area contributed by atoms with Crippen molar-refractivity contribution >= 4 is 35.0 Å². The van der Waals surface area contributed by atoms with Crippen LogP contribution in [0.15, 0.2) is 107 Å². The van der Waals surface area contributed by atoms with Crippen LogP contribution in [-0.2, 0) is 11.3 Å². The van der Waals surface area contributed by atoms with Gasteiger partial charge in [0.25, 0.3) is 17.5 Å². The number of amides is 2. The van der Waals surface area contributed by atoms with Crippen LogP contribution in [0.2, 0.25) is 0 Å². The molecule has 1 aliphatic heterocycles. The van der Waals surface area contributed by atoms with Crippen molar-refractivity contribution in [1.82, 2.24) is 25.1 Å². The van der Waals surface area contributed by atoms with Gasteiger partial charge in [0.2, 0.25) is 0 Å². The predicted octanol–water partition coefficient (Wildman–Crippen LogP) is 5.73. The molecule has 1 atom stereocenters. The molecule has 1 aromatic heterocycles. The molecule has 6 rings (SSSR count). The molecule has 0 saturated heterocycles. The highest BCUT2D eigenvalue weighted by Gasteiger charge is 2.33. The molecule has 0 unspecified atom stereocenters. The van der Waals surface area contributed by atoms with Gasteiger partial charge in [0, 0.05) is 24.2 Å². The summed E-state index contributed by atoms with van der Waals surface area (Å²) in [6.45, 7) is -0.0519. The Labute approximate surface area is 289 Å². The Morgan fingerprint density at radius 3 is 2.36 bits per heavy atom. The summed E-state index contributed by atoms with van der Waals surface area (Å²) in [5, 5.41) is 29.1. The van der Waals surface area contributed by atoms with Gasteiger partial charge in [0.1, 0.15) is 17.3 Å². The van der Waals surface area contributed by atoms with Crippen LogP contribution in [0.4, 0.5) is 10.1 Å². The maximum atomic E-state index is 13.9. The number of carbonyl (C=O) groups excluding carboxylic acids is 2. The first-order valence-corrected chi connectivity index (χ1v) is 16.3. The molecule has 2 heterocycles. The van der Waals surface area contributed by atoms with E-state index in [1.54, 1.807) is 48.1 Å². The molecule has 1 N–H and O–H groups in total. The molecule has 50 heavy (non-hydrogen) atoms. The Morgan fingerprint density at radius 1 is 0.960 bits per heavy atom. The average molecular weight is 696 g/mol. The fraction of sp³-hybridized carbons (Fsp3) is 0.171. The van der Waals surface area contributed by atoms with Crippen LogP contribution in [0, 0.1) is 15.9 Å². The van der Waals surface area contributed by atoms with Gasteiger partial charge in [-0.3, -0.25) is 24.3 Å². The number of non-ortho nitro benzene ring substituents is 1. The maximum Gasteiger partial charge on any atom is 0.269 e. The summed E-state index contributed by atoms with van der Waals surface area (Å²) in [6, 6.07) is 25.4. The standard InChI is InChI=1S/C35H30FN7O6S/c1-48-27-17-9-22(10-18-27)29-19-30(23-7-11-24(36)12-8-23)42(40-29)33(44)21-50-35-39-38-32(41(35)25-13-15-26(16-14-25)43(46)47)20-37-34(45)28-5-3-4-6-31(28)49-2/h3-18,30H,19-21H2,1-2H3,(H,37,45)/t30-/m0/s1. The minimum atomic E-state index is -0.507. The van der Waals surface area contributed by atoms with E-state index in [0.717, 1.165) is 22.9 Å². The fourth-order valence-corrected chi connectivity index (χ4v) is 6.24. The Morgan fingerprint density at radius 2 is 1.68 bits per heavy atom. The lowest BCUT2D eigenvalue weighted by molar-refractivity contribution is -0.384. The first-order valence-electron chi connectivity index (χ1n) is 15.3. The highest BCUT2D eigenvalue weighted by molar-refractivity contribution is 7.99. The second-order valence-electron chi connectivity index (χ2n) is 11.0. The van der Waals surface area contributed by atoms with Crippen molar-refractivity contribution in [1.29, 1.82) is 0 Å². The summed E-state index contributed by atoms with van der Waals surface area (Å²) in [4.78, 5) is 37.7. The van der Waals surface area contributed by atoms with Crippen LogP contribution in [0.25, 0.3) is 5.69 Å². The van der Waals surface area contributed by atoms with E-state index in [0.29, 0.717) is 45.9 Å². The first kappa shape index (κ1) is 33.8. The van der Waals surface area contributed by atoms with E-state index in [4.69, 9.17) is 14.6 Å². The quantitative estimate of drug-likeness (QED) is 0.0979. The maximum absolute atomic E-state index is 13.9.